The van der Waals surface area contributed by atoms with E-state index in [0.717, 1.165) is 34.2 Å². The van der Waals surface area contributed by atoms with Crippen LogP contribution >= 0.6 is 0 Å². The first-order chi connectivity index (χ1) is 25.0. The van der Waals surface area contributed by atoms with Crippen molar-refractivity contribution >= 4 is 11.8 Å². The maximum Gasteiger partial charge on any atom is 0.270 e. The van der Waals surface area contributed by atoms with Crippen molar-refractivity contribution in [3.05, 3.63) is 107 Å². The highest BCUT2D eigenvalue weighted by Gasteiger charge is 2.33. The average molecular weight is 712 g/mol. The summed E-state index contributed by atoms with van der Waals surface area (Å²) in [5, 5.41) is 48.5. The first-order valence-corrected chi connectivity index (χ1v) is 17.2. The van der Waals surface area contributed by atoms with Gasteiger partial charge in [-0.3, -0.25) is 24.8 Å². The van der Waals surface area contributed by atoms with Crippen LogP contribution in [-0.2, 0) is 34.6 Å². The molecule has 0 fully saturated rings. The number of aryl methyl sites for hydroxylation is 1. The summed E-state index contributed by atoms with van der Waals surface area (Å²) in [4.78, 5) is 37.3. The van der Waals surface area contributed by atoms with E-state index in [1.54, 1.807) is 13.8 Å². The molecule has 0 saturated carbocycles. The van der Waals surface area contributed by atoms with Gasteiger partial charge < -0.3 is 20.3 Å². The van der Waals surface area contributed by atoms with E-state index in [9.17, 15) is 14.7 Å². The molecule has 0 saturated heterocycles. The molecular weight excluding hydrogens is 666 g/mol. The van der Waals surface area contributed by atoms with Crippen molar-refractivity contribution in [2.75, 3.05) is 13.2 Å². The molecule has 1 atom stereocenters. The van der Waals surface area contributed by atoms with E-state index in [4.69, 9.17) is 15.4 Å². The molecule has 6 N–H and O–H groups in total. The zero-order chi connectivity index (χ0) is 37.1. The van der Waals surface area contributed by atoms with Crippen LogP contribution in [0.25, 0.3) is 22.5 Å². The molecule has 0 aliphatic rings. The second-order valence-electron chi connectivity index (χ2n) is 12.9. The highest BCUT2D eigenvalue weighted by atomic mass is 17.1. The van der Waals surface area contributed by atoms with E-state index in [0.29, 0.717) is 37.5 Å². The van der Waals surface area contributed by atoms with E-state index < -0.39 is 17.6 Å². The number of amides is 2. The number of carbonyl (C=O) groups is 2. The molecule has 0 spiro atoms. The number of rotatable bonds is 18. The SMILES string of the molecule is CCCc1nc(C(C)(C)O)c(C(=O)NC(Cc2ccccc2)C(=O)NCCCCON(O)O)n1Cc1ccc(-c2ccccc2-c2nnn[nH]2)cc1. The third kappa shape index (κ3) is 9.92. The number of H-pyrrole nitrogens is 1. The molecular formula is C37H45N9O6. The molecule has 15 nitrogen and oxygen atoms in total. The van der Waals surface area contributed by atoms with Crippen molar-refractivity contribution in [1.29, 1.82) is 0 Å². The molecule has 52 heavy (non-hydrogen) atoms. The van der Waals surface area contributed by atoms with Gasteiger partial charge in [0, 0.05) is 31.5 Å². The zero-order valence-corrected chi connectivity index (χ0v) is 29.5. The van der Waals surface area contributed by atoms with Gasteiger partial charge in [0.25, 0.3) is 5.91 Å². The molecule has 0 radical (unpaired) electrons. The fraction of sp³-hybridized carbons (Fsp3) is 0.351. The van der Waals surface area contributed by atoms with Crippen LogP contribution in [0, 0.1) is 0 Å². The molecule has 274 valence electrons. The summed E-state index contributed by atoms with van der Waals surface area (Å²) in [5.74, 6) is 0.287. The lowest BCUT2D eigenvalue weighted by molar-refractivity contribution is -0.492. The number of hydrogen-bond acceptors (Lipinski definition) is 11. The van der Waals surface area contributed by atoms with Crippen LogP contribution in [-0.4, -0.2) is 82.1 Å². The summed E-state index contributed by atoms with van der Waals surface area (Å²) < 4.78 is 1.83. The van der Waals surface area contributed by atoms with E-state index in [-0.39, 0.29) is 42.3 Å². The Balaban J connectivity index is 1.42. The normalized spacial score (nSPS) is 12.2. The number of tetrazole rings is 1. The van der Waals surface area contributed by atoms with Gasteiger partial charge in [-0.15, -0.1) is 5.10 Å². The van der Waals surface area contributed by atoms with Crippen molar-refractivity contribution in [3.8, 4) is 22.5 Å². The second kappa shape index (κ2) is 17.7. The van der Waals surface area contributed by atoms with Gasteiger partial charge in [-0.25, -0.2) is 10.1 Å². The summed E-state index contributed by atoms with van der Waals surface area (Å²) in [7, 11) is 0. The van der Waals surface area contributed by atoms with Crippen molar-refractivity contribution in [1.82, 2.24) is 46.2 Å². The van der Waals surface area contributed by atoms with Crippen LogP contribution < -0.4 is 10.6 Å². The molecule has 3 aromatic carbocycles. The number of aromatic amines is 1. The number of nitrogens with zero attached hydrogens (tertiary/aromatic N) is 6. The van der Waals surface area contributed by atoms with Crippen LogP contribution in [0.3, 0.4) is 0 Å². The smallest absolute Gasteiger partial charge is 0.270 e. The predicted octanol–water partition coefficient (Wildman–Crippen LogP) is 4.21. The van der Waals surface area contributed by atoms with Crippen LogP contribution in [0.1, 0.15) is 73.2 Å². The van der Waals surface area contributed by atoms with Crippen molar-refractivity contribution < 1.29 is 29.9 Å². The molecule has 5 aromatic rings. The number of aromatic nitrogens is 6. The number of nitrogens with one attached hydrogen (secondary N) is 3. The van der Waals surface area contributed by atoms with Crippen LogP contribution in [0.4, 0.5) is 0 Å². The van der Waals surface area contributed by atoms with Crippen molar-refractivity contribution in [2.45, 2.75) is 71.1 Å². The fourth-order valence-electron chi connectivity index (χ4n) is 5.92. The first-order valence-electron chi connectivity index (χ1n) is 17.2. The van der Waals surface area contributed by atoms with E-state index in [1.165, 1.54) is 0 Å². The van der Waals surface area contributed by atoms with Crippen molar-refractivity contribution in [3.63, 3.8) is 0 Å². The second-order valence-corrected chi connectivity index (χ2v) is 12.9. The van der Waals surface area contributed by atoms with Crippen LogP contribution in [0.5, 0.6) is 0 Å². The maximum atomic E-state index is 14.4. The predicted molar refractivity (Wildman–Crippen MR) is 191 cm³/mol. The van der Waals surface area contributed by atoms with Crippen molar-refractivity contribution in [2.24, 2.45) is 0 Å². The van der Waals surface area contributed by atoms with Gasteiger partial charge in [0.15, 0.2) is 5.82 Å². The number of aliphatic hydroxyl groups is 1. The van der Waals surface area contributed by atoms with Gasteiger partial charge in [-0.1, -0.05) is 85.8 Å². The average Bonchev–Trinajstić information content (AvgIpc) is 3.79. The third-order valence-electron chi connectivity index (χ3n) is 8.43. The minimum atomic E-state index is -1.46. The molecule has 15 heteroatoms. The topological polar surface area (TPSA) is 204 Å². The van der Waals surface area contributed by atoms with E-state index in [2.05, 4.69) is 36.1 Å². The molecule has 2 heterocycles. The van der Waals surface area contributed by atoms with E-state index in [1.807, 2.05) is 90.4 Å². The Kier molecular flexibility index (Phi) is 12.9. The van der Waals surface area contributed by atoms with Gasteiger partial charge >= 0.3 is 0 Å². The molecule has 0 bridgehead atoms. The standard InChI is InChI=1S/C37H45N9O6/c1-4-12-31-40-33(37(2,3)49)32(36(48)39-30(23-25-13-6-5-7-14-25)35(47)38-21-10-11-22-52-46(50)51)45(31)24-26-17-19-27(20-18-26)28-15-8-9-16-29(28)34-41-43-44-42-34/h5-9,13-20,30,49-51H,4,10-12,21-24H2,1-3H3,(H,38,47)(H,39,48)(H,41,42,43,44). The first kappa shape index (κ1) is 37.9. The summed E-state index contributed by atoms with van der Waals surface area (Å²) in [6.07, 6.45) is 2.51. The Morgan fingerprint density at radius 2 is 1.67 bits per heavy atom. The Morgan fingerprint density at radius 3 is 2.33 bits per heavy atom. The lowest BCUT2D eigenvalue weighted by atomic mass is 9.98. The zero-order valence-electron chi connectivity index (χ0n) is 29.5. The number of carbonyl (C=O) groups excluding carboxylic acids is 2. The molecule has 5 rings (SSSR count). The molecule has 0 aliphatic carbocycles. The minimum absolute atomic E-state index is 0.0489. The summed E-state index contributed by atoms with van der Waals surface area (Å²) in [5.41, 5.74) is 3.47. The Hall–Kier alpha value is -5.32. The Labute approximate surface area is 301 Å². The molecule has 0 aliphatic heterocycles. The van der Waals surface area contributed by atoms with Gasteiger partial charge in [0.1, 0.15) is 28.9 Å². The summed E-state index contributed by atoms with van der Waals surface area (Å²) in [6, 6.07) is 24.2. The highest BCUT2D eigenvalue weighted by molar-refractivity contribution is 5.97. The molecule has 2 amide bonds. The quantitative estimate of drug-likeness (QED) is 0.0561. The number of benzene rings is 3. The van der Waals surface area contributed by atoms with Gasteiger partial charge in [0.2, 0.25) is 5.91 Å². The highest BCUT2D eigenvalue weighted by Crippen LogP contribution is 2.31. The van der Waals surface area contributed by atoms with Gasteiger partial charge in [0.05, 0.1) is 12.0 Å². The largest absolute Gasteiger partial charge is 0.384 e. The summed E-state index contributed by atoms with van der Waals surface area (Å²) in [6.45, 7) is 5.83. The third-order valence-corrected chi connectivity index (χ3v) is 8.43. The van der Waals surface area contributed by atoms with Crippen LogP contribution in [0.15, 0.2) is 78.9 Å². The number of hydrogen-bond donors (Lipinski definition) is 6. The van der Waals surface area contributed by atoms with Gasteiger partial charge in [-0.2, -0.15) is 0 Å². The lowest BCUT2D eigenvalue weighted by Crippen LogP contribution is -2.49. The lowest BCUT2D eigenvalue weighted by Gasteiger charge is -2.22. The monoisotopic (exact) mass is 711 g/mol. The Morgan fingerprint density at radius 1 is 0.962 bits per heavy atom. The maximum absolute atomic E-state index is 14.4. The minimum Gasteiger partial charge on any atom is -0.384 e. The Bertz CT molecular complexity index is 1890. The van der Waals surface area contributed by atoms with Crippen LogP contribution in [0.2, 0.25) is 0 Å². The molecule has 2 aromatic heterocycles. The fourth-order valence-corrected chi connectivity index (χ4v) is 5.92. The summed E-state index contributed by atoms with van der Waals surface area (Å²) >= 11 is 0. The number of imidazole rings is 1. The van der Waals surface area contributed by atoms with Gasteiger partial charge in [-0.05, 0) is 65.8 Å². The number of unbranched alkanes of at least 4 members (excludes halogenated alkanes) is 1. The molecule has 1 unspecified atom stereocenters. The van der Waals surface area contributed by atoms with E-state index >= 15 is 0 Å².